The molecule has 56 valence electrons. The summed E-state index contributed by atoms with van der Waals surface area (Å²) < 4.78 is 0. The highest BCUT2D eigenvalue weighted by Crippen LogP contribution is 2.14. The van der Waals surface area contributed by atoms with E-state index in [1.807, 2.05) is 6.26 Å². The fourth-order valence-corrected chi connectivity index (χ4v) is 1.59. The van der Waals surface area contributed by atoms with Crippen LogP contribution in [0.1, 0.15) is 0 Å². The molecule has 1 aliphatic rings. The highest BCUT2D eigenvalue weighted by atomic mass is 35.5. The van der Waals surface area contributed by atoms with Gasteiger partial charge in [0, 0.05) is 0 Å². The number of rotatable bonds is 0. The van der Waals surface area contributed by atoms with Crippen LogP contribution in [0.5, 0.6) is 0 Å². The average Bonchev–Trinajstić information content (AvgIpc) is 1.85. The molecule has 2 nitrogen and oxygen atoms in total. The third-order valence-electron chi connectivity index (χ3n) is 0.944. The summed E-state index contributed by atoms with van der Waals surface area (Å²) in [5.74, 6) is 0. The van der Waals surface area contributed by atoms with Crippen molar-refractivity contribution in [3.63, 3.8) is 0 Å². The second-order valence-corrected chi connectivity index (χ2v) is 3.30. The Morgan fingerprint density at radius 3 is 3.00 bits per heavy atom. The van der Waals surface area contributed by atoms with Crippen molar-refractivity contribution in [2.75, 3.05) is 6.26 Å². The number of amidine groups is 1. The molecular formula is C5H6Cl2N2S. The zero-order chi connectivity index (χ0) is 7.56. The van der Waals surface area contributed by atoms with E-state index in [0.29, 0.717) is 5.16 Å². The molecule has 1 N–H and O–H groups in total. The van der Waals surface area contributed by atoms with Crippen molar-refractivity contribution in [1.29, 1.82) is 0 Å². The summed E-state index contributed by atoms with van der Waals surface area (Å²) in [4.78, 5) is 4.02. The Bertz CT molecular complexity index is 190. The van der Waals surface area contributed by atoms with Crippen molar-refractivity contribution in [2.24, 2.45) is 4.99 Å². The Morgan fingerprint density at radius 2 is 2.50 bits per heavy atom. The summed E-state index contributed by atoms with van der Waals surface area (Å²) in [6.07, 6.45) is 3.55. The molecule has 0 fully saturated rings. The topological polar surface area (TPSA) is 24.4 Å². The van der Waals surface area contributed by atoms with Crippen LogP contribution in [-0.4, -0.2) is 16.9 Å². The van der Waals surface area contributed by atoms with Crippen LogP contribution in [0.25, 0.3) is 0 Å². The molecule has 0 aromatic heterocycles. The van der Waals surface area contributed by atoms with Gasteiger partial charge in [0.25, 0.3) is 0 Å². The molecule has 0 radical (unpaired) electrons. The lowest BCUT2D eigenvalue weighted by atomic mass is 10.5. The van der Waals surface area contributed by atoms with E-state index in [-0.39, 0.29) is 5.50 Å². The van der Waals surface area contributed by atoms with Gasteiger partial charge in [-0.3, -0.25) is 0 Å². The van der Waals surface area contributed by atoms with Crippen molar-refractivity contribution in [2.45, 2.75) is 5.50 Å². The summed E-state index contributed by atoms with van der Waals surface area (Å²) in [6.45, 7) is 0. The van der Waals surface area contributed by atoms with Crippen LogP contribution in [0, 0.1) is 0 Å². The van der Waals surface area contributed by atoms with Crippen LogP contribution in [0.3, 0.4) is 0 Å². The summed E-state index contributed by atoms with van der Waals surface area (Å²) in [5, 5.41) is 4.15. The Balaban J connectivity index is 2.65. The summed E-state index contributed by atoms with van der Waals surface area (Å²) in [7, 11) is 0. The van der Waals surface area contributed by atoms with E-state index in [4.69, 9.17) is 23.2 Å². The predicted molar refractivity (Wildman–Crippen MR) is 47.7 cm³/mol. The van der Waals surface area contributed by atoms with Crippen LogP contribution < -0.4 is 5.32 Å². The van der Waals surface area contributed by atoms with Gasteiger partial charge in [-0.05, 0) is 12.3 Å². The van der Waals surface area contributed by atoms with Crippen molar-refractivity contribution < 1.29 is 0 Å². The highest BCUT2D eigenvalue weighted by Gasteiger charge is 2.09. The molecule has 1 aliphatic heterocycles. The van der Waals surface area contributed by atoms with E-state index in [2.05, 4.69) is 10.3 Å². The number of thioether (sulfide) groups is 1. The van der Waals surface area contributed by atoms with Gasteiger partial charge < -0.3 is 5.32 Å². The van der Waals surface area contributed by atoms with Gasteiger partial charge in [0.2, 0.25) is 0 Å². The lowest BCUT2D eigenvalue weighted by Crippen LogP contribution is -2.22. The predicted octanol–water partition coefficient (Wildman–Crippen LogP) is 1.95. The molecule has 1 rings (SSSR count). The maximum atomic E-state index is 5.68. The van der Waals surface area contributed by atoms with Crippen LogP contribution in [0.15, 0.2) is 16.2 Å². The number of alkyl halides is 1. The lowest BCUT2D eigenvalue weighted by Gasteiger charge is -2.12. The Morgan fingerprint density at radius 1 is 1.80 bits per heavy atom. The summed E-state index contributed by atoms with van der Waals surface area (Å²) in [6, 6.07) is 0. The molecule has 0 aromatic carbocycles. The largest absolute Gasteiger partial charge is 0.326 e. The van der Waals surface area contributed by atoms with Gasteiger partial charge in [-0.2, -0.15) is 0 Å². The molecule has 5 heteroatoms. The van der Waals surface area contributed by atoms with Gasteiger partial charge in [-0.15, -0.1) is 0 Å². The number of nitrogens with one attached hydrogen (secondary N) is 1. The van der Waals surface area contributed by atoms with Crippen LogP contribution in [-0.2, 0) is 0 Å². The average molecular weight is 197 g/mol. The third-order valence-corrected chi connectivity index (χ3v) is 1.98. The zero-order valence-electron chi connectivity index (χ0n) is 5.27. The summed E-state index contributed by atoms with van der Waals surface area (Å²) >= 11 is 12.8. The number of halogens is 2. The number of aliphatic imine (C=N–C) groups is 1. The Hall–Kier alpha value is 0.140. The van der Waals surface area contributed by atoms with E-state index < -0.39 is 0 Å². The third kappa shape index (κ3) is 2.08. The first-order valence-corrected chi connectivity index (χ1v) is 4.66. The van der Waals surface area contributed by atoms with Crippen LogP contribution in [0.4, 0.5) is 0 Å². The number of hydrogen-bond donors (Lipinski definition) is 1. The molecule has 0 saturated carbocycles. The highest BCUT2D eigenvalue weighted by molar-refractivity contribution is 8.13. The summed E-state index contributed by atoms with van der Waals surface area (Å²) in [5.41, 5.74) is -0.323. The van der Waals surface area contributed by atoms with Gasteiger partial charge in [0.1, 0.15) is 10.7 Å². The van der Waals surface area contributed by atoms with E-state index in [1.54, 1.807) is 6.08 Å². The van der Waals surface area contributed by atoms with Crippen LogP contribution >= 0.6 is 35.0 Å². The molecule has 10 heavy (non-hydrogen) atoms. The molecular weight excluding hydrogens is 191 g/mol. The maximum Gasteiger partial charge on any atom is 0.163 e. The number of hydrogen-bond acceptors (Lipinski definition) is 3. The fraction of sp³-hybridized carbons (Fsp3) is 0.400. The van der Waals surface area contributed by atoms with E-state index >= 15 is 0 Å². The quantitative estimate of drug-likeness (QED) is 0.474. The molecule has 0 amide bonds. The Kier molecular flexibility index (Phi) is 2.89. The maximum absolute atomic E-state index is 5.68. The van der Waals surface area contributed by atoms with Crippen molar-refractivity contribution >= 4 is 40.1 Å². The molecule has 1 unspecified atom stereocenters. The van der Waals surface area contributed by atoms with E-state index in [9.17, 15) is 0 Å². The SMILES string of the molecule is CSC1=NC(Cl)C=C(Cl)N1. The minimum atomic E-state index is -0.323. The monoisotopic (exact) mass is 196 g/mol. The standard InChI is InChI=1S/C5H6Cl2N2S/c1-10-5-8-3(6)2-4(7)9-5/h2-3H,1H3,(H,8,9). The first-order chi connectivity index (χ1) is 4.72. The van der Waals surface area contributed by atoms with Crippen molar-refractivity contribution in [3.8, 4) is 0 Å². The molecule has 0 spiro atoms. The second-order valence-electron chi connectivity index (χ2n) is 1.65. The smallest absolute Gasteiger partial charge is 0.163 e. The van der Waals surface area contributed by atoms with Gasteiger partial charge in [0.15, 0.2) is 5.17 Å². The minimum Gasteiger partial charge on any atom is -0.326 e. The fourth-order valence-electron chi connectivity index (χ4n) is 0.550. The number of nitrogens with zero attached hydrogens (tertiary/aromatic N) is 1. The molecule has 0 aromatic rings. The lowest BCUT2D eigenvalue weighted by molar-refractivity contribution is 1.05. The van der Waals surface area contributed by atoms with Gasteiger partial charge >= 0.3 is 0 Å². The second kappa shape index (κ2) is 3.51. The normalized spacial score (nSPS) is 24.9. The molecule has 0 bridgehead atoms. The zero-order valence-corrected chi connectivity index (χ0v) is 7.59. The van der Waals surface area contributed by atoms with Gasteiger partial charge in [-0.25, -0.2) is 4.99 Å². The molecule has 0 saturated heterocycles. The van der Waals surface area contributed by atoms with Gasteiger partial charge in [0.05, 0.1) is 0 Å². The van der Waals surface area contributed by atoms with Crippen molar-refractivity contribution in [1.82, 2.24) is 5.32 Å². The molecule has 1 atom stereocenters. The Labute approximate surface area is 73.7 Å². The molecule has 0 aliphatic carbocycles. The van der Waals surface area contributed by atoms with E-state index in [0.717, 1.165) is 5.17 Å². The van der Waals surface area contributed by atoms with Gasteiger partial charge in [-0.1, -0.05) is 35.0 Å². The van der Waals surface area contributed by atoms with Crippen molar-refractivity contribution in [3.05, 3.63) is 11.2 Å². The minimum absolute atomic E-state index is 0.323. The first-order valence-electron chi connectivity index (χ1n) is 2.62. The molecule has 1 heterocycles. The van der Waals surface area contributed by atoms with E-state index in [1.165, 1.54) is 11.8 Å². The first kappa shape index (κ1) is 8.24. The van der Waals surface area contributed by atoms with Crippen LogP contribution in [0.2, 0.25) is 0 Å².